The smallest absolute Gasteiger partial charge is 0.175 e. The Hall–Kier alpha value is -1.30. The number of unbranched alkanes of at least 4 members (excludes halogenated alkanes) is 18. The Bertz CT molecular complexity index is 654. The molecule has 0 amide bonds. The fourth-order valence-corrected chi connectivity index (χ4v) is 5.67. The molecule has 0 spiro atoms. The SMILES string of the molecule is CCCCCCCCCCCCN(C)C1COCC(N(C)CCCCCCCCCCCC)Oc2ccc(cc2)O1. The lowest BCUT2D eigenvalue weighted by atomic mass is 10.1. The van der Waals surface area contributed by atoms with E-state index in [0.29, 0.717) is 13.2 Å². The molecule has 0 saturated heterocycles. The van der Waals surface area contributed by atoms with Gasteiger partial charge in [0, 0.05) is 13.1 Å². The number of ether oxygens (including phenoxy) is 3. The third-order valence-electron chi connectivity index (χ3n) is 8.60. The Balaban J connectivity index is 1.68. The second kappa shape index (κ2) is 24.2. The van der Waals surface area contributed by atoms with Gasteiger partial charge in [-0.2, -0.15) is 0 Å². The van der Waals surface area contributed by atoms with Gasteiger partial charge in [-0.15, -0.1) is 0 Å². The van der Waals surface area contributed by atoms with Crippen molar-refractivity contribution in [1.29, 1.82) is 0 Å². The van der Waals surface area contributed by atoms with E-state index in [1.165, 1.54) is 128 Å². The highest BCUT2D eigenvalue weighted by atomic mass is 16.6. The molecule has 0 aromatic heterocycles. The van der Waals surface area contributed by atoms with Crippen LogP contribution >= 0.6 is 0 Å². The quantitative estimate of drug-likeness (QED) is 0.0906. The summed E-state index contributed by atoms with van der Waals surface area (Å²) in [7, 11) is 4.34. The highest BCUT2D eigenvalue weighted by Gasteiger charge is 2.22. The summed E-state index contributed by atoms with van der Waals surface area (Å²) in [6.07, 6.45) is 27.0. The molecule has 1 aromatic rings. The minimum absolute atomic E-state index is 0.0922. The van der Waals surface area contributed by atoms with E-state index in [9.17, 15) is 0 Å². The molecule has 0 N–H and O–H groups in total. The largest absolute Gasteiger partial charge is 0.473 e. The van der Waals surface area contributed by atoms with Crippen molar-refractivity contribution in [3.05, 3.63) is 24.3 Å². The first kappa shape index (κ1) is 35.9. The van der Waals surface area contributed by atoms with Crippen LogP contribution in [0, 0.1) is 0 Å². The minimum atomic E-state index is -0.0922. The van der Waals surface area contributed by atoms with Gasteiger partial charge in [0.1, 0.15) is 11.5 Å². The lowest BCUT2D eigenvalue weighted by Crippen LogP contribution is -2.44. The molecular formula is C36H66N2O3. The maximum atomic E-state index is 6.37. The fraction of sp³-hybridized carbons (Fsp3) is 0.833. The van der Waals surface area contributed by atoms with Crippen molar-refractivity contribution in [1.82, 2.24) is 9.80 Å². The number of hydrogen-bond acceptors (Lipinski definition) is 5. The molecule has 2 aliphatic rings. The number of likely N-dealkylation sites (N-methyl/N-ethyl adjacent to an activating group) is 2. The van der Waals surface area contributed by atoms with Crippen molar-refractivity contribution < 1.29 is 14.2 Å². The molecule has 2 unspecified atom stereocenters. The molecule has 1 aromatic carbocycles. The van der Waals surface area contributed by atoms with E-state index in [-0.39, 0.29) is 12.5 Å². The van der Waals surface area contributed by atoms with Crippen molar-refractivity contribution in [2.45, 2.75) is 155 Å². The molecule has 2 atom stereocenters. The highest BCUT2D eigenvalue weighted by Crippen LogP contribution is 2.23. The summed E-state index contributed by atoms with van der Waals surface area (Å²) in [5.74, 6) is 1.75. The van der Waals surface area contributed by atoms with E-state index < -0.39 is 0 Å². The van der Waals surface area contributed by atoms with Crippen LogP contribution in [0.25, 0.3) is 0 Å². The lowest BCUT2D eigenvalue weighted by molar-refractivity contribution is -0.0741. The summed E-state index contributed by atoms with van der Waals surface area (Å²) in [6.45, 7) is 7.72. The number of nitrogens with zero attached hydrogens (tertiary/aromatic N) is 2. The summed E-state index contributed by atoms with van der Waals surface area (Å²) in [5, 5.41) is 0. The summed E-state index contributed by atoms with van der Waals surface area (Å²) in [5.41, 5.74) is 0. The van der Waals surface area contributed by atoms with Gasteiger partial charge in [-0.1, -0.05) is 129 Å². The number of benzene rings is 1. The van der Waals surface area contributed by atoms with Crippen LogP contribution in [0.1, 0.15) is 142 Å². The Morgan fingerprint density at radius 3 is 1.10 bits per heavy atom. The highest BCUT2D eigenvalue weighted by molar-refractivity contribution is 5.31. The Kier molecular flexibility index (Phi) is 21.2. The average molecular weight is 575 g/mol. The molecule has 41 heavy (non-hydrogen) atoms. The van der Waals surface area contributed by atoms with Crippen molar-refractivity contribution in [2.75, 3.05) is 40.4 Å². The van der Waals surface area contributed by atoms with E-state index in [4.69, 9.17) is 14.2 Å². The molecule has 0 radical (unpaired) electrons. The van der Waals surface area contributed by atoms with Crippen LogP contribution in [0.3, 0.4) is 0 Å². The van der Waals surface area contributed by atoms with Crippen LogP contribution in [0.4, 0.5) is 0 Å². The minimum Gasteiger partial charge on any atom is -0.473 e. The maximum Gasteiger partial charge on any atom is 0.175 e. The summed E-state index contributed by atoms with van der Waals surface area (Å²) in [4.78, 5) is 4.64. The lowest BCUT2D eigenvalue weighted by Gasteiger charge is -2.30. The van der Waals surface area contributed by atoms with Crippen LogP contribution in [0.2, 0.25) is 0 Å². The molecule has 238 valence electrons. The summed E-state index contributed by atoms with van der Waals surface area (Å²) >= 11 is 0. The maximum absolute atomic E-state index is 6.37. The molecular weight excluding hydrogens is 508 g/mol. The number of hydrogen-bond donors (Lipinski definition) is 0. The number of rotatable bonds is 24. The van der Waals surface area contributed by atoms with Crippen LogP contribution in [0.5, 0.6) is 11.5 Å². The molecule has 5 nitrogen and oxygen atoms in total. The molecule has 3 rings (SSSR count). The molecule has 0 fully saturated rings. The van der Waals surface area contributed by atoms with Crippen LogP contribution < -0.4 is 9.47 Å². The molecule has 2 bridgehead atoms. The van der Waals surface area contributed by atoms with E-state index in [0.717, 1.165) is 24.6 Å². The van der Waals surface area contributed by atoms with Gasteiger partial charge in [0.05, 0.1) is 13.2 Å². The average Bonchev–Trinajstić information content (AvgIpc) is 3.05. The Morgan fingerprint density at radius 1 is 0.488 bits per heavy atom. The zero-order chi connectivity index (χ0) is 29.4. The second-order valence-electron chi connectivity index (χ2n) is 12.5. The van der Waals surface area contributed by atoms with Crippen molar-refractivity contribution in [3.8, 4) is 11.5 Å². The van der Waals surface area contributed by atoms with Gasteiger partial charge in [0.25, 0.3) is 0 Å². The predicted molar refractivity (Wildman–Crippen MR) is 175 cm³/mol. The molecule has 2 aliphatic heterocycles. The summed E-state index contributed by atoms with van der Waals surface area (Å²) < 4.78 is 19.0. The third-order valence-corrected chi connectivity index (χ3v) is 8.60. The second-order valence-corrected chi connectivity index (χ2v) is 12.5. The van der Waals surface area contributed by atoms with E-state index >= 15 is 0 Å². The number of fused-ring (bicyclic) bond motifs is 8. The molecule has 5 heteroatoms. The molecule has 0 saturated carbocycles. The first-order valence-corrected chi connectivity index (χ1v) is 17.6. The molecule has 2 heterocycles. The van der Waals surface area contributed by atoms with E-state index in [1.807, 2.05) is 24.3 Å². The Morgan fingerprint density at radius 2 is 0.780 bits per heavy atom. The van der Waals surface area contributed by atoms with E-state index in [1.54, 1.807) is 0 Å². The zero-order valence-electron chi connectivity index (χ0n) is 27.6. The van der Waals surface area contributed by atoms with Gasteiger partial charge < -0.3 is 14.2 Å². The van der Waals surface area contributed by atoms with E-state index in [2.05, 4.69) is 37.7 Å². The van der Waals surface area contributed by atoms with Gasteiger partial charge in [-0.25, -0.2) is 0 Å². The third kappa shape index (κ3) is 17.4. The van der Waals surface area contributed by atoms with Gasteiger partial charge in [0.2, 0.25) is 0 Å². The van der Waals surface area contributed by atoms with Crippen LogP contribution in [0.15, 0.2) is 24.3 Å². The van der Waals surface area contributed by atoms with Gasteiger partial charge in [-0.3, -0.25) is 9.80 Å². The van der Waals surface area contributed by atoms with Crippen molar-refractivity contribution >= 4 is 0 Å². The van der Waals surface area contributed by atoms with Gasteiger partial charge in [0.15, 0.2) is 12.5 Å². The van der Waals surface area contributed by atoms with Gasteiger partial charge in [-0.05, 0) is 51.2 Å². The normalized spacial score (nSPS) is 17.5. The van der Waals surface area contributed by atoms with Crippen molar-refractivity contribution in [3.63, 3.8) is 0 Å². The first-order chi connectivity index (χ1) is 20.1. The summed E-state index contributed by atoms with van der Waals surface area (Å²) in [6, 6.07) is 8.12. The first-order valence-electron chi connectivity index (χ1n) is 17.6. The topological polar surface area (TPSA) is 34.2 Å². The standard InChI is InChI=1S/C36H66N2O3/c1-5-7-9-11-13-15-17-19-21-23-29-37(3)35-31-39-32-36(41-34-27-25-33(40-35)26-28-34)38(4)30-24-22-20-18-16-14-12-10-8-6-2/h25-28,35-36H,5-24,29-32H2,1-4H3. The Labute approximate surface area is 254 Å². The fourth-order valence-electron chi connectivity index (χ4n) is 5.67. The zero-order valence-corrected chi connectivity index (χ0v) is 27.6. The predicted octanol–water partition coefficient (Wildman–Crippen LogP) is 9.83. The van der Waals surface area contributed by atoms with Crippen molar-refractivity contribution in [2.24, 2.45) is 0 Å². The van der Waals surface area contributed by atoms with Crippen LogP contribution in [-0.4, -0.2) is 62.7 Å². The van der Waals surface area contributed by atoms with Gasteiger partial charge >= 0.3 is 0 Å². The molecule has 0 aliphatic carbocycles. The monoisotopic (exact) mass is 575 g/mol. The van der Waals surface area contributed by atoms with Crippen LogP contribution in [-0.2, 0) is 4.74 Å².